The molecule has 0 aliphatic heterocycles. The fourth-order valence-electron chi connectivity index (χ4n) is 3.09. The van der Waals surface area contributed by atoms with Crippen LogP contribution in [-0.4, -0.2) is 27.1 Å². The zero-order valence-electron chi connectivity index (χ0n) is 17.1. The van der Waals surface area contributed by atoms with Gasteiger partial charge in [-0.15, -0.1) is 0 Å². The van der Waals surface area contributed by atoms with Gasteiger partial charge in [-0.05, 0) is 48.1 Å². The molecule has 5 nitrogen and oxygen atoms in total. The van der Waals surface area contributed by atoms with E-state index in [1.165, 1.54) is 10.6 Å². The third-order valence-electron chi connectivity index (χ3n) is 4.65. The minimum absolute atomic E-state index is 0.108. The molecule has 0 saturated carbocycles. The van der Waals surface area contributed by atoms with E-state index in [4.69, 9.17) is 0 Å². The molecule has 0 fully saturated rings. The smallest absolute Gasteiger partial charge is 0.232 e. The Kier molecular flexibility index (Phi) is 7.63. The van der Waals surface area contributed by atoms with E-state index in [0.29, 0.717) is 18.0 Å². The Hall–Kier alpha value is -2.34. The SMILES string of the molecule is CCc1ccc(N(CCCC(=O)Nc2ccccc2C(C)C)S(C)(=O)=O)cc1. The number of aryl methyl sites for hydroxylation is 1. The van der Waals surface area contributed by atoms with Crippen LogP contribution in [0.2, 0.25) is 0 Å². The van der Waals surface area contributed by atoms with Crippen LogP contribution in [0.3, 0.4) is 0 Å². The molecule has 0 bridgehead atoms. The van der Waals surface area contributed by atoms with Crippen LogP contribution in [0.1, 0.15) is 50.7 Å². The van der Waals surface area contributed by atoms with Gasteiger partial charge in [-0.3, -0.25) is 9.10 Å². The third kappa shape index (κ3) is 6.09. The van der Waals surface area contributed by atoms with Crippen molar-refractivity contribution in [1.82, 2.24) is 0 Å². The van der Waals surface area contributed by atoms with Crippen LogP contribution in [0.25, 0.3) is 0 Å². The van der Waals surface area contributed by atoms with Gasteiger partial charge in [-0.25, -0.2) is 8.42 Å². The summed E-state index contributed by atoms with van der Waals surface area (Å²) in [6.07, 6.45) is 2.79. The molecule has 1 N–H and O–H groups in total. The van der Waals surface area contributed by atoms with E-state index in [0.717, 1.165) is 23.2 Å². The molecule has 0 aliphatic carbocycles. The summed E-state index contributed by atoms with van der Waals surface area (Å²) in [7, 11) is -3.41. The molecule has 0 unspecified atom stereocenters. The quantitative estimate of drug-likeness (QED) is 0.669. The number of hydrogen-bond donors (Lipinski definition) is 1. The van der Waals surface area contributed by atoms with Crippen LogP contribution in [0.15, 0.2) is 48.5 Å². The minimum atomic E-state index is -3.41. The van der Waals surface area contributed by atoms with E-state index in [-0.39, 0.29) is 18.9 Å². The molecule has 2 rings (SSSR count). The van der Waals surface area contributed by atoms with Crippen LogP contribution in [0.4, 0.5) is 11.4 Å². The summed E-state index contributed by atoms with van der Waals surface area (Å²) >= 11 is 0. The van der Waals surface area contributed by atoms with Crippen LogP contribution < -0.4 is 9.62 Å². The predicted molar refractivity (Wildman–Crippen MR) is 116 cm³/mol. The Labute approximate surface area is 168 Å². The van der Waals surface area contributed by atoms with Crippen molar-refractivity contribution in [2.24, 2.45) is 0 Å². The number of benzene rings is 2. The number of hydrogen-bond acceptors (Lipinski definition) is 3. The van der Waals surface area contributed by atoms with E-state index >= 15 is 0 Å². The van der Waals surface area contributed by atoms with Gasteiger partial charge in [0.25, 0.3) is 0 Å². The Morgan fingerprint density at radius 3 is 2.29 bits per heavy atom. The van der Waals surface area contributed by atoms with E-state index < -0.39 is 10.0 Å². The number of nitrogens with zero attached hydrogens (tertiary/aromatic N) is 1. The number of anilines is 2. The summed E-state index contributed by atoms with van der Waals surface area (Å²) in [4.78, 5) is 12.4. The Bertz CT molecular complexity index is 890. The first-order valence-electron chi connectivity index (χ1n) is 9.67. The van der Waals surface area contributed by atoms with Gasteiger partial charge >= 0.3 is 0 Å². The van der Waals surface area contributed by atoms with E-state index in [1.54, 1.807) is 0 Å². The maximum atomic E-state index is 12.4. The van der Waals surface area contributed by atoms with Crippen molar-refractivity contribution >= 4 is 27.3 Å². The largest absolute Gasteiger partial charge is 0.326 e. The van der Waals surface area contributed by atoms with Crippen molar-refractivity contribution in [1.29, 1.82) is 0 Å². The highest BCUT2D eigenvalue weighted by Gasteiger charge is 2.18. The highest BCUT2D eigenvalue weighted by atomic mass is 32.2. The number of rotatable bonds is 9. The van der Waals surface area contributed by atoms with E-state index in [9.17, 15) is 13.2 Å². The van der Waals surface area contributed by atoms with Crippen molar-refractivity contribution < 1.29 is 13.2 Å². The van der Waals surface area contributed by atoms with Crippen molar-refractivity contribution in [2.45, 2.75) is 46.0 Å². The number of para-hydroxylation sites is 1. The zero-order chi connectivity index (χ0) is 20.7. The lowest BCUT2D eigenvalue weighted by Crippen LogP contribution is -2.31. The molecule has 152 valence electrons. The first-order chi connectivity index (χ1) is 13.2. The van der Waals surface area contributed by atoms with Crippen molar-refractivity contribution in [2.75, 3.05) is 22.4 Å². The molecular weight excluding hydrogens is 372 g/mol. The van der Waals surface area contributed by atoms with Gasteiger partial charge in [-0.2, -0.15) is 0 Å². The molecule has 2 aromatic carbocycles. The third-order valence-corrected chi connectivity index (χ3v) is 5.85. The molecule has 0 heterocycles. The Morgan fingerprint density at radius 2 is 1.71 bits per heavy atom. The number of amides is 1. The standard InChI is InChI=1S/C22H30N2O3S/c1-5-18-12-14-19(15-13-18)24(28(4,26)27)16-8-11-22(25)23-21-10-7-6-9-20(21)17(2)3/h6-7,9-10,12-15,17H,5,8,11,16H2,1-4H3,(H,23,25). The first kappa shape index (κ1) is 22.0. The molecule has 28 heavy (non-hydrogen) atoms. The van der Waals surface area contributed by atoms with E-state index in [1.807, 2.05) is 48.5 Å². The summed E-state index contributed by atoms with van der Waals surface area (Å²) in [5, 5.41) is 2.95. The molecule has 1 amide bonds. The average Bonchev–Trinajstić information content (AvgIpc) is 2.64. The highest BCUT2D eigenvalue weighted by molar-refractivity contribution is 7.92. The van der Waals surface area contributed by atoms with Crippen LogP contribution in [-0.2, 0) is 21.2 Å². The first-order valence-corrected chi connectivity index (χ1v) is 11.5. The Balaban J connectivity index is 1.99. The predicted octanol–water partition coefficient (Wildman–Crippen LogP) is 4.56. The van der Waals surface area contributed by atoms with Gasteiger partial charge in [0.1, 0.15) is 0 Å². The van der Waals surface area contributed by atoms with Crippen LogP contribution >= 0.6 is 0 Å². The minimum Gasteiger partial charge on any atom is -0.326 e. The topological polar surface area (TPSA) is 66.5 Å². The van der Waals surface area contributed by atoms with Crippen LogP contribution in [0, 0.1) is 0 Å². The summed E-state index contributed by atoms with van der Waals surface area (Å²) in [5.74, 6) is 0.200. The average molecular weight is 403 g/mol. The molecule has 0 aromatic heterocycles. The van der Waals surface area contributed by atoms with Crippen molar-refractivity contribution in [3.63, 3.8) is 0 Å². The molecule has 2 aromatic rings. The summed E-state index contributed by atoms with van der Waals surface area (Å²) in [5.41, 5.74) is 3.69. The molecule has 0 atom stereocenters. The van der Waals surface area contributed by atoms with Gasteiger partial charge in [0, 0.05) is 18.7 Å². The second-order valence-corrected chi connectivity index (χ2v) is 9.16. The zero-order valence-corrected chi connectivity index (χ0v) is 17.9. The van der Waals surface area contributed by atoms with Crippen molar-refractivity contribution in [3.05, 3.63) is 59.7 Å². The van der Waals surface area contributed by atoms with Gasteiger partial charge in [0.2, 0.25) is 15.9 Å². The van der Waals surface area contributed by atoms with Gasteiger partial charge in [0.05, 0.1) is 11.9 Å². The lowest BCUT2D eigenvalue weighted by molar-refractivity contribution is -0.116. The summed E-state index contributed by atoms with van der Waals surface area (Å²) in [6, 6.07) is 15.3. The van der Waals surface area contributed by atoms with Gasteiger partial charge in [0.15, 0.2) is 0 Å². The lowest BCUT2D eigenvalue weighted by atomic mass is 10.0. The Morgan fingerprint density at radius 1 is 1.07 bits per heavy atom. The van der Waals surface area contributed by atoms with Crippen molar-refractivity contribution in [3.8, 4) is 0 Å². The molecule has 0 radical (unpaired) electrons. The number of carbonyl (C=O) groups is 1. The molecular formula is C22H30N2O3S. The maximum Gasteiger partial charge on any atom is 0.232 e. The highest BCUT2D eigenvalue weighted by Crippen LogP contribution is 2.24. The fraction of sp³-hybridized carbons (Fsp3) is 0.409. The fourth-order valence-corrected chi connectivity index (χ4v) is 4.06. The molecule has 6 heteroatoms. The van der Waals surface area contributed by atoms with Crippen LogP contribution in [0.5, 0.6) is 0 Å². The van der Waals surface area contributed by atoms with E-state index in [2.05, 4.69) is 26.1 Å². The summed E-state index contributed by atoms with van der Waals surface area (Å²) in [6.45, 7) is 6.49. The number of nitrogens with one attached hydrogen (secondary N) is 1. The second-order valence-electron chi connectivity index (χ2n) is 7.25. The monoisotopic (exact) mass is 402 g/mol. The van der Waals surface area contributed by atoms with Gasteiger partial charge < -0.3 is 5.32 Å². The number of sulfonamides is 1. The van der Waals surface area contributed by atoms with Gasteiger partial charge in [-0.1, -0.05) is 51.1 Å². The maximum absolute atomic E-state index is 12.4. The lowest BCUT2D eigenvalue weighted by Gasteiger charge is -2.22. The molecule has 0 spiro atoms. The second kappa shape index (κ2) is 9.73. The normalized spacial score (nSPS) is 11.5. The number of carbonyl (C=O) groups excluding carboxylic acids is 1. The molecule has 0 saturated heterocycles. The molecule has 0 aliphatic rings. The summed E-state index contributed by atoms with van der Waals surface area (Å²) < 4.78 is 25.8.